The first-order chi connectivity index (χ1) is 10.7. The van der Waals surface area contributed by atoms with E-state index in [1.807, 2.05) is 12.1 Å². The van der Waals surface area contributed by atoms with E-state index >= 15 is 0 Å². The zero-order chi connectivity index (χ0) is 15.5. The van der Waals surface area contributed by atoms with Gasteiger partial charge in [-0.2, -0.15) is 0 Å². The summed E-state index contributed by atoms with van der Waals surface area (Å²) in [4.78, 5) is 6.89. The third-order valence-corrected chi connectivity index (χ3v) is 4.69. The van der Waals surface area contributed by atoms with Crippen molar-refractivity contribution in [2.75, 3.05) is 19.6 Å². The molecule has 23 heavy (non-hydrogen) atoms. The Labute approximate surface area is 160 Å². The van der Waals surface area contributed by atoms with Gasteiger partial charge < -0.3 is 15.3 Å². The van der Waals surface area contributed by atoms with Gasteiger partial charge in [0.1, 0.15) is 0 Å². The fourth-order valence-corrected chi connectivity index (χ4v) is 3.29. The average Bonchev–Trinajstić information content (AvgIpc) is 3.27. The van der Waals surface area contributed by atoms with Gasteiger partial charge in [-0.05, 0) is 43.9 Å². The predicted molar refractivity (Wildman–Crippen MR) is 106 cm³/mol. The summed E-state index contributed by atoms with van der Waals surface area (Å²) in [6.07, 6.45) is 2.62. The van der Waals surface area contributed by atoms with E-state index < -0.39 is 0 Å². The fourth-order valence-electron chi connectivity index (χ4n) is 3.09. The third-order valence-electron chi connectivity index (χ3n) is 4.45. The van der Waals surface area contributed by atoms with Gasteiger partial charge in [-0.25, -0.2) is 0 Å². The quantitative estimate of drug-likeness (QED) is 0.423. The van der Waals surface area contributed by atoms with Gasteiger partial charge in [-0.3, -0.25) is 4.99 Å². The number of nitrogens with zero attached hydrogens (tertiary/aromatic N) is 2. The van der Waals surface area contributed by atoms with Crippen LogP contribution in [0.5, 0.6) is 0 Å². The Balaban J connectivity index is 0.00000192. The Bertz CT molecular complexity index is 546. The van der Waals surface area contributed by atoms with Crippen LogP contribution in [-0.2, 0) is 0 Å². The number of halogens is 2. The molecule has 2 atom stereocenters. The highest BCUT2D eigenvalue weighted by Gasteiger charge is 2.39. The lowest BCUT2D eigenvalue weighted by molar-refractivity contribution is 0.108. The normalized spacial score (nSPS) is 25.0. The summed E-state index contributed by atoms with van der Waals surface area (Å²) in [5, 5.41) is 14.0. The van der Waals surface area contributed by atoms with Crippen molar-refractivity contribution in [3.8, 4) is 0 Å². The first-order valence-electron chi connectivity index (χ1n) is 8.17. The second kappa shape index (κ2) is 8.53. The number of benzene rings is 1. The Morgan fingerprint density at radius 2 is 2.13 bits per heavy atom. The molecule has 1 aromatic rings. The van der Waals surface area contributed by atoms with Gasteiger partial charge in [0.05, 0.1) is 6.10 Å². The van der Waals surface area contributed by atoms with Gasteiger partial charge in [-0.1, -0.05) is 23.7 Å². The van der Waals surface area contributed by atoms with Crippen molar-refractivity contribution in [1.82, 2.24) is 10.2 Å². The van der Waals surface area contributed by atoms with E-state index in [0.29, 0.717) is 12.0 Å². The van der Waals surface area contributed by atoms with Crippen LogP contribution >= 0.6 is 35.6 Å². The van der Waals surface area contributed by atoms with Gasteiger partial charge in [0, 0.05) is 36.6 Å². The molecule has 0 bridgehead atoms. The molecule has 0 spiro atoms. The van der Waals surface area contributed by atoms with Crippen LogP contribution in [0.1, 0.15) is 37.7 Å². The van der Waals surface area contributed by atoms with Crippen molar-refractivity contribution >= 4 is 41.5 Å². The highest BCUT2D eigenvalue weighted by atomic mass is 127. The molecule has 1 aliphatic carbocycles. The maximum atomic E-state index is 9.65. The number of likely N-dealkylation sites (tertiary alicyclic amines) is 1. The number of aliphatic imine (C=N–C) groups is 1. The first kappa shape index (κ1) is 18.8. The second-order valence-corrected chi connectivity index (χ2v) is 6.60. The molecule has 1 saturated heterocycles. The highest BCUT2D eigenvalue weighted by Crippen LogP contribution is 2.41. The molecule has 6 heteroatoms. The molecule has 1 saturated carbocycles. The first-order valence-corrected chi connectivity index (χ1v) is 8.54. The predicted octanol–water partition coefficient (Wildman–Crippen LogP) is 3.24. The average molecular weight is 450 g/mol. The van der Waals surface area contributed by atoms with Crippen molar-refractivity contribution in [2.24, 2.45) is 4.99 Å². The molecule has 0 radical (unpaired) electrons. The van der Waals surface area contributed by atoms with Crippen LogP contribution in [0.4, 0.5) is 0 Å². The van der Waals surface area contributed by atoms with Gasteiger partial charge in [0.2, 0.25) is 0 Å². The summed E-state index contributed by atoms with van der Waals surface area (Å²) in [6, 6.07) is 8.57. The van der Waals surface area contributed by atoms with E-state index in [-0.39, 0.29) is 30.1 Å². The molecule has 0 aromatic heterocycles. The SMILES string of the molecule is CCN=C(NC1CC1c1cccc(Cl)c1)N1CCC(O)CC1.I. The minimum absolute atomic E-state index is 0. The monoisotopic (exact) mass is 449 g/mol. The third kappa shape index (κ3) is 4.97. The maximum Gasteiger partial charge on any atom is 0.194 e. The van der Waals surface area contributed by atoms with Gasteiger partial charge in [0.15, 0.2) is 5.96 Å². The van der Waals surface area contributed by atoms with Crippen molar-refractivity contribution < 1.29 is 5.11 Å². The fraction of sp³-hybridized carbons (Fsp3) is 0.588. The lowest BCUT2D eigenvalue weighted by atomic mass is 10.1. The summed E-state index contributed by atoms with van der Waals surface area (Å²) in [7, 11) is 0. The molecule has 2 aliphatic rings. The number of guanidine groups is 1. The Morgan fingerprint density at radius 1 is 1.39 bits per heavy atom. The summed E-state index contributed by atoms with van der Waals surface area (Å²) < 4.78 is 0. The van der Waals surface area contributed by atoms with Crippen LogP contribution < -0.4 is 5.32 Å². The van der Waals surface area contributed by atoms with Crippen LogP contribution in [0.3, 0.4) is 0 Å². The largest absolute Gasteiger partial charge is 0.393 e. The molecule has 0 amide bonds. The van der Waals surface area contributed by atoms with Crippen LogP contribution in [0.25, 0.3) is 0 Å². The summed E-state index contributed by atoms with van der Waals surface area (Å²) >= 11 is 6.08. The highest BCUT2D eigenvalue weighted by molar-refractivity contribution is 14.0. The second-order valence-electron chi connectivity index (χ2n) is 6.16. The molecule has 3 rings (SSSR count). The van der Waals surface area contributed by atoms with Crippen LogP contribution in [-0.4, -0.2) is 47.7 Å². The standard InChI is InChI=1S/C17H24ClN3O.HI/c1-2-19-17(21-8-6-14(22)7-9-21)20-16-11-15(16)12-4-3-5-13(18)10-12;/h3-5,10,14-16,22H,2,6-9,11H2,1H3,(H,19,20);1H. The smallest absolute Gasteiger partial charge is 0.194 e. The summed E-state index contributed by atoms with van der Waals surface area (Å²) in [6.45, 7) is 4.58. The zero-order valence-corrected chi connectivity index (χ0v) is 16.5. The maximum absolute atomic E-state index is 9.65. The van der Waals surface area contributed by atoms with Crippen molar-refractivity contribution in [3.05, 3.63) is 34.9 Å². The molecule has 1 aromatic carbocycles. The molecule has 128 valence electrons. The van der Waals surface area contributed by atoms with Gasteiger partial charge in [0.25, 0.3) is 0 Å². The number of hydrogen-bond acceptors (Lipinski definition) is 2. The van der Waals surface area contributed by atoms with Crippen molar-refractivity contribution in [2.45, 2.75) is 44.2 Å². The number of nitrogens with one attached hydrogen (secondary N) is 1. The van der Waals surface area contributed by atoms with Crippen LogP contribution in [0.15, 0.2) is 29.3 Å². The molecule has 4 nitrogen and oxygen atoms in total. The van der Waals surface area contributed by atoms with E-state index in [0.717, 1.165) is 49.9 Å². The Morgan fingerprint density at radius 3 is 2.78 bits per heavy atom. The van der Waals surface area contributed by atoms with E-state index in [1.165, 1.54) is 5.56 Å². The lowest BCUT2D eigenvalue weighted by Gasteiger charge is -2.32. The number of hydrogen-bond donors (Lipinski definition) is 2. The molecule has 1 heterocycles. The van der Waals surface area contributed by atoms with Crippen LogP contribution in [0.2, 0.25) is 5.02 Å². The summed E-state index contributed by atoms with van der Waals surface area (Å²) in [5.74, 6) is 1.51. The van der Waals surface area contributed by atoms with Crippen molar-refractivity contribution in [3.63, 3.8) is 0 Å². The molecular formula is C17H25ClIN3O. The van der Waals surface area contributed by atoms with Crippen molar-refractivity contribution in [1.29, 1.82) is 0 Å². The minimum Gasteiger partial charge on any atom is -0.393 e. The van der Waals surface area contributed by atoms with E-state index in [4.69, 9.17) is 11.6 Å². The van der Waals surface area contributed by atoms with Gasteiger partial charge >= 0.3 is 0 Å². The van der Waals surface area contributed by atoms with Gasteiger partial charge in [-0.15, -0.1) is 24.0 Å². The molecule has 2 unspecified atom stereocenters. The van der Waals surface area contributed by atoms with E-state index in [1.54, 1.807) is 0 Å². The molecule has 1 aliphatic heterocycles. The van der Waals surface area contributed by atoms with E-state index in [2.05, 4.69) is 34.3 Å². The number of rotatable bonds is 3. The molecule has 2 fully saturated rings. The number of aliphatic hydroxyl groups is 1. The number of aliphatic hydroxyl groups excluding tert-OH is 1. The Hall–Kier alpha value is -0.530. The van der Waals surface area contributed by atoms with Crippen LogP contribution in [0, 0.1) is 0 Å². The topological polar surface area (TPSA) is 47.9 Å². The lowest BCUT2D eigenvalue weighted by Crippen LogP contribution is -2.47. The minimum atomic E-state index is -0.153. The molecular weight excluding hydrogens is 425 g/mol. The summed E-state index contributed by atoms with van der Waals surface area (Å²) in [5.41, 5.74) is 1.30. The zero-order valence-electron chi connectivity index (χ0n) is 13.4. The number of piperidine rings is 1. The molecule has 2 N–H and O–H groups in total. The van der Waals surface area contributed by atoms with E-state index in [9.17, 15) is 5.11 Å². The Kier molecular flexibility index (Phi) is 6.98.